The van der Waals surface area contributed by atoms with Gasteiger partial charge in [0.25, 0.3) is 0 Å². The molecule has 0 spiro atoms. The maximum absolute atomic E-state index is 6.24. The third-order valence-electron chi connectivity index (χ3n) is 5.11. The Bertz CT molecular complexity index is 253. The highest BCUT2D eigenvalue weighted by atomic mass is 16.5. The lowest BCUT2D eigenvalue weighted by Crippen LogP contribution is -2.42. The molecule has 0 aromatic carbocycles. The van der Waals surface area contributed by atoms with Crippen LogP contribution in [0.3, 0.4) is 0 Å². The van der Waals surface area contributed by atoms with E-state index in [1.54, 1.807) is 0 Å². The van der Waals surface area contributed by atoms with Crippen molar-refractivity contribution in [3.05, 3.63) is 0 Å². The van der Waals surface area contributed by atoms with Crippen LogP contribution >= 0.6 is 0 Å². The molecule has 0 bridgehead atoms. The van der Waals surface area contributed by atoms with Crippen LogP contribution in [0.4, 0.5) is 0 Å². The minimum Gasteiger partial charge on any atom is -0.381 e. The van der Waals surface area contributed by atoms with Gasteiger partial charge in [0.05, 0.1) is 18.8 Å². The maximum Gasteiger partial charge on any atom is 0.0626 e. The molecule has 3 unspecified atom stereocenters. The summed E-state index contributed by atoms with van der Waals surface area (Å²) < 4.78 is 11.7. The summed E-state index contributed by atoms with van der Waals surface area (Å²) in [5.74, 6) is 0.825. The fourth-order valence-corrected chi connectivity index (χ4v) is 3.87. The van der Waals surface area contributed by atoms with Gasteiger partial charge in [-0.05, 0) is 51.0 Å². The summed E-state index contributed by atoms with van der Waals surface area (Å²) in [6.07, 6.45) is 12.6. The SMILES string of the molecule is CCNC(COC1CCCC(OC)C1)C1CCCCC1. The van der Waals surface area contributed by atoms with Crippen molar-refractivity contribution in [2.75, 3.05) is 20.3 Å². The van der Waals surface area contributed by atoms with Gasteiger partial charge >= 0.3 is 0 Å². The molecule has 0 aromatic heterocycles. The van der Waals surface area contributed by atoms with Gasteiger partial charge in [0.1, 0.15) is 0 Å². The summed E-state index contributed by atoms with van der Waals surface area (Å²) in [6.45, 7) is 4.15. The number of hydrogen-bond acceptors (Lipinski definition) is 3. The van der Waals surface area contributed by atoms with Gasteiger partial charge in [-0.25, -0.2) is 0 Å². The lowest BCUT2D eigenvalue weighted by atomic mass is 9.84. The zero-order chi connectivity index (χ0) is 14.2. The summed E-state index contributed by atoms with van der Waals surface area (Å²) in [5.41, 5.74) is 0. The first-order chi connectivity index (χ1) is 9.83. The second-order valence-corrected chi connectivity index (χ2v) is 6.54. The number of ether oxygens (including phenoxy) is 2. The fourth-order valence-electron chi connectivity index (χ4n) is 3.87. The van der Waals surface area contributed by atoms with E-state index in [-0.39, 0.29) is 0 Å². The van der Waals surface area contributed by atoms with Crippen molar-refractivity contribution in [3.63, 3.8) is 0 Å². The highest BCUT2D eigenvalue weighted by Crippen LogP contribution is 2.28. The molecule has 118 valence electrons. The highest BCUT2D eigenvalue weighted by Gasteiger charge is 2.26. The van der Waals surface area contributed by atoms with E-state index in [1.165, 1.54) is 51.4 Å². The van der Waals surface area contributed by atoms with Gasteiger partial charge in [0.15, 0.2) is 0 Å². The molecule has 0 saturated heterocycles. The van der Waals surface area contributed by atoms with E-state index in [9.17, 15) is 0 Å². The smallest absolute Gasteiger partial charge is 0.0626 e. The molecule has 2 rings (SSSR count). The molecular formula is C17H33NO2. The summed E-state index contributed by atoms with van der Waals surface area (Å²) in [4.78, 5) is 0. The first-order valence-electron chi connectivity index (χ1n) is 8.71. The van der Waals surface area contributed by atoms with Gasteiger partial charge in [-0.1, -0.05) is 26.2 Å². The first-order valence-corrected chi connectivity index (χ1v) is 8.71. The van der Waals surface area contributed by atoms with Crippen molar-refractivity contribution < 1.29 is 9.47 Å². The van der Waals surface area contributed by atoms with Gasteiger partial charge < -0.3 is 14.8 Å². The Hall–Kier alpha value is -0.120. The van der Waals surface area contributed by atoms with E-state index in [4.69, 9.17) is 9.47 Å². The Morgan fingerprint density at radius 2 is 1.75 bits per heavy atom. The number of methoxy groups -OCH3 is 1. The Balaban J connectivity index is 1.75. The van der Waals surface area contributed by atoms with Crippen LogP contribution < -0.4 is 5.32 Å². The quantitative estimate of drug-likeness (QED) is 0.775. The predicted octanol–water partition coefficient (Wildman–Crippen LogP) is 3.52. The molecule has 3 atom stereocenters. The lowest BCUT2D eigenvalue weighted by Gasteiger charge is -2.34. The molecular weight excluding hydrogens is 250 g/mol. The molecule has 3 heteroatoms. The van der Waals surface area contributed by atoms with Crippen LogP contribution in [0, 0.1) is 5.92 Å². The minimum absolute atomic E-state index is 0.415. The molecule has 2 aliphatic rings. The van der Waals surface area contributed by atoms with Crippen LogP contribution in [-0.2, 0) is 9.47 Å². The molecule has 1 N–H and O–H groups in total. The second-order valence-electron chi connectivity index (χ2n) is 6.54. The van der Waals surface area contributed by atoms with Crippen LogP contribution in [0.15, 0.2) is 0 Å². The first kappa shape index (κ1) is 16.3. The van der Waals surface area contributed by atoms with Crippen molar-refractivity contribution in [1.29, 1.82) is 0 Å². The van der Waals surface area contributed by atoms with Crippen molar-refractivity contribution in [2.45, 2.75) is 83.0 Å². The number of nitrogens with one attached hydrogen (secondary N) is 1. The monoisotopic (exact) mass is 283 g/mol. The molecule has 20 heavy (non-hydrogen) atoms. The van der Waals surface area contributed by atoms with Crippen molar-refractivity contribution >= 4 is 0 Å². The van der Waals surface area contributed by atoms with Crippen molar-refractivity contribution in [3.8, 4) is 0 Å². The summed E-state index contributed by atoms with van der Waals surface area (Å²) in [7, 11) is 1.83. The van der Waals surface area contributed by atoms with Crippen LogP contribution in [0.2, 0.25) is 0 Å². The van der Waals surface area contributed by atoms with E-state index in [0.29, 0.717) is 18.2 Å². The van der Waals surface area contributed by atoms with Gasteiger partial charge in [-0.3, -0.25) is 0 Å². The molecule has 0 amide bonds. The van der Waals surface area contributed by atoms with Gasteiger partial charge in [-0.15, -0.1) is 0 Å². The summed E-state index contributed by atoms with van der Waals surface area (Å²) in [6, 6.07) is 0.559. The molecule has 2 saturated carbocycles. The number of likely N-dealkylation sites (N-methyl/N-ethyl adjacent to an activating group) is 1. The van der Waals surface area contributed by atoms with Crippen LogP contribution in [0.5, 0.6) is 0 Å². The average molecular weight is 283 g/mol. The molecule has 3 nitrogen and oxygen atoms in total. The highest BCUT2D eigenvalue weighted by molar-refractivity contribution is 4.80. The Morgan fingerprint density at radius 3 is 2.45 bits per heavy atom. The van der Waals surface area contributed by atoms with Gasteiger partial charge in [-0.2, -0.15) is 0 Å². The molecule has 0 aliphatic heterocycles. The maximum atomic E-state index is 6.24. The molecule has 0 aromatic rings. The third kappa shape index (κ3) is 5.01. The third-order valence-corrected chi connectivity index (χ3v) is 5.11. The minimum atomic E-state index is 0.415. The van der Waals surface area contributed by atoms with Crippen molar-refractivity contribution in [1.82, 2.24) is 5.32 Å². The Labute approximate surface area is 124 Å². The van der Waals surface area contributed by atoms with Gasteiger partial charge in [0, 0.05) is 13.2 Å². The zero-order valence-corrected chi connectivity index (χ0v) is 13.4. The number of hydrogen-bond donors (Lipinski definition) is 1. The predicted molar refractivity (Wildman–Crippen MR) is 83.0 cm³/mol. The molecule has 2 aliphatic carbocycles. The standard InChI is InChI=1S/C17H33NO2/c1-3-18-17(14-8-5-4-6-9-14)13-20-16-11-7-10-15(12-16)19-2/h14-18H,3-13H2,1-2H3. The van der Waals surface area contributed by atoms with E-state index in [2.05, 4.69) is 12.2 Å². The normalized spacial score (nSPS) is 30.3. The number of rotatable bonds is 7. The lowest BCUT2D eigenvalue weighted by molar-refractivity contribution is -0.0409. The topological polar surface area (TPSA) is 30.5 Å². The fraction of sp³-hybridized carbons (Fsp3) is 1.00. The largest absolute Gasteiger partial charge is 0.381 e. The summed E-state index contributed by atoms with van der Waals surface area (Å²) >= 11 is 0. The van der Waals surface area contributed by atoms with E-state index in [1.807, 2.05) is 7.11 Å². The van der Waals surface area contributed by atoms with Crippen LogP contribution in [-0.4, -0.2) is 38.5 Å². The Morgan fingerprint density at radius 1 is 1.00 bits per heavy atom. The average Bonchev–Trinajstić information content (AvgIpc) is 2.52. The van der Waals surface area contributed by atoms with Gasteiger partial charge in [0.2, 0.25) is 0 Å². The summed E-state index contributed by atoms with van der Waals surface area (Å²) in [5, 5.41) is 3.66. The molecule has 0 radical (unpaired) electrons. The van der Waals surface area contributed by atoms with E-state index in [0.717, 1.165) is 25.5 Å². The second kappa shape index (κ2) is 9.01. The zero-order valence-electron chi connectivity index (χ0n) is 13.4. The molecule has 2 fully saturated rings. The van der Waals surface area contributed by atoms with E-state index >= 15 is 0 Å². The molecule has 0 heterocycles. The van der Waals surface area contributed by atoms with Crippen LogP contribution in [0.1, 0.15) is 64.7 Å². The van der Waals surface area contributed by atoms with Crippen LogP contribution in [0.25, 0.3) is 0 Å². The van der Waals surface area contributed by atoms with E-state index < -0.39 is 0 Å². The Kier molecular flexibility index (Phi) is 7.32. The van der Waals surface area contributed by atoms with Crippen molar-refractivity contribution in [2.24, 2.45) is 5.92 Å².